The second kappa shape index (κ2) is 4.29. The van der Waals surface area contributed by atoms with Crippen LogP contribution in [0.25, 0.3) is 5.69 Å². The minimum absolute atomic E-state index is 0.176. The number of amidine groups is 1. The van der Waals surface area contributed by atoms with Crippen molar-refractivity contribution in [1.29, 1.82) is 5.41 Å². The fourth-order valence-corrected chi connectivity index (χ4v) is 2.11. The van der Waals surface area contributed by atoms with Gasteiger partial charge in [-0.1, -0.05) is 0 Å². The summed E-state index contributed by atoms with van der Waals surface area (Å²) in [7, 11) is 0. The first kappa shape index (κ1) is 11.8. The van der Waals surface area contributed by atoms with Crippen LogP contribution in [-0.2, 0) is 0 Å². The molecule has 0 bridgehead atoms. The maximum atomic E-state index is 14.1. The molecule has 17 heavy (non-hydrogen) atoms. The third kappa shape index (κ3) is 1.95. The van der Waals surface area contributed by atoms with Crippen LogP contribution in [0.2, 0.25) is 0 Å². The molecule has 0 unspecified atom stereocenters. The van der Waals surface area contributed by atoms with Gasteiger partial charge in [0.15, 0.2) is 5.82 Å². The smallest absolute Gasteiger partial charge is 0.162 e. The molecule has 6 heteroatoms. The SMILES string of the molecule is Cc1nccn1-c1ccc(C(=N)N)c(Br)c1F. The van der Waals surface area contributed by atoms with Gasteiger partial charge in [0.1, 0.15) is 11.7 Å². The molecule has 1 aromatic carbocycles. The van der Waals surface area contributed by atoms with Gasteiger partial charge in [0.05, 0.1) is 10.2 Å². The van der Waals surface area contributed by atoms with Crippen LogP contribution < -0.4 is 5.73 Å². The monoisotopic (exact) mass is 296 g/mol. The fourth-order valence-electron chi connectivity index (χ4n) is 1.57. The Morgan fingerprint density at radius 1 is 1.53 bits per heavy atom. The third-order valence-corrected chi connectivity index (χ3v) is 3.21. The number of halogens is 2. The standard InChI is InChI=1S/C11H10BrFN4/c1-6-16-4-5-17(6)8-3-2-7(11(14)15)9(12)10(8)13/h2-5H,1H3,(H3,14,15). The maximum Gasteiger partial charge on any atom is 0.162 e. The second-order valence-corrected chi connectivity index (χ2v) is 4.31. The van der Waals surface area contributed by atoms with Crippen molar-refractivity contribution in [3.05, 3.63) is 46.2 Å². The Bertz CT molecular complexity index is 591. The van der Waals surface area contributed by atoms with Crippen molar-refractivity contribution in [3.8, 4) is 5.69 Å². The number of aromatic nitrogens is 2. The van der Waals surface area contributed by atoms with Crippen LogP contribution in [0, 0.1) is 18.2 Å². The Kier molecular flexibility index (Phi) is 2.97. The molecule has 3 N–H and O–H groups in total. The lowest BCUT2D eigenvalue weighted by Gasteiger charge is -2.10. The Morgan fingerprint density at radius 3 is 2.76 bits per heavy atom. The molecule has 0 radical (unpaired) electrons. The minimum Gasteiger partial charge on any atom is -0.384 e. The zero-order valence-corrected chi connectivity index (χ0v) is 10.6. The van der Waals surface area contributed by atoms with Crippen molar-refractivity contribution in [2.24, 2.45) is 5.73 Å². The number of aryl methyl sites for hydroxylation is 1. The zero-order chi connectivity index (χ0) is 12.6. The van der Waals surface area contributed by atoms with Gasteiger partial charge in [0.25, 0.3) is 0 Å². The van der Waals surface area contributed by atoms with Crippen molar-refractivity contribution in [2.75, 3.05) is 0 Å². The molecule has 0 saturated heterocycles. The molecule has 0 atom stereocenters. The Labute approximate surface area is 106 Å². The molecular weight excluding hydrogens is 287 g/mol. The summed E-state index contributed by atoms with van der Waals surface area (Å²) in [6.07, 6.45) is 3.27. The van der Waals surface area contributed by atoms with Crippen molar-refractivity contribution < 1.29 is 4.39 Å². The number of benzene rings is 1. The van der Waals surface area contributed by atoms with Crippen LogP contribution in [-0.4, -0.2) is 15.4 Å². The molecule has 0 aliphatic rings. The molecule has 0 fully saturated rings. The van der Waals surface area contributed by atoms with E-state index in [-0.39, 0.29) is 10.3 Å². The summed E-state index contributed by atoms with van der Waals surface area (Å²) in [5.74, 6) is 0.0508. The van der Waals surface area contributed by atoms with Gasteiger partial charge in [-0.05, 0) is 35.0 Å². The lowest BCUT2D eigenvalue weighted by molar-refractivity contribution is 0.609. The number of nitrogens with zero attached hydrogens (tertiary/aromatic N) is 2. The highest BCUT2D eigenvalue weighted by Gasteiger charge is 2.14. The number of nitrogens with two attached hydrogens (primary N) is 1. The Hall–Kier alpha value is -1.69. The lowest BCUT2D eigenvalue weighted by atomic mass is 10.2. The summed E-state index contributed by atoms with van der Waals surface area (Å²) in [6, 6.07) is 3.18. The van der Waals surface area contributed by atoms with E-state index in [0.29, 0.717) is 17.1 Å². The molecule has 2 aromatic rings. The van der Waals surface area contributed by atoms with Gasteiger partial charge in [0.2, 0.25) is 0 Å². The first-order chi connectivity index (χ1) is 8.02. The molecule has 1 heterocycles. The minimum atomic E-state index is -0.459. The van der Waals surface area contributed by atoms with Crippen molar-refractivity contribution in [1.82, 2.24) is 9.55 Å². The second-order valence-electron chi connectivity index (χ2n) is 3.52. The predicted molar refractivity (Wildman–Crippen MR) is 67.0 cm³/mol. The van der Waals surface area contributed by atoms with Gasteiger partial charge in [-0.15, -0.1) is 0 Å². The average molecular weight is 297 g/mol. The molecule has 4 nitrogen and oxygen atoms in total. The Balaban J connectivity index is 2.63. The maximum absolute atomic E-state index is 14.1. The van der Waals surface area contributed by atoms with E-state index in [1.807, 2.05) is 0 Å². The molecule has 0 saturated carbocycles. The highest BCUT2D eigenvalue weighted by Crippen LogP contribution is 2.26. The van der Waals surface area contributed by atoms with E-state index < -0.39 is 5.82 Å². The topological polar surface area (TPSA) is 67.7 Å². The van der Waals surface area contributed by atoms with Crippen LogP contribution in [0.4, 0.5) is 4.39 Å². The van der Waals surface area contributed by atoms with Gasteiger partial charge in [-0.3, -0.25) is 5.41 Å². The highest BCUT2D eigenvalue weighted by molar-refractivity contribution is 9.10. The van der Waals surface area contributed by atoms with Crippen molar-refractivity contribution in [2.45, 2.75) is 6.92 Å². The summed E-state index contributed by atoms with van der Waals surface area (Å²) in [4.78, 5) is 4.04. The van der Waals surface area contributed by atoms with E-state index in [2.05, 4.69) is 20.9 Å². The van der Waals surface area contributed by atoms with Gasteiger partial charge < -0.3 is 10.3 Å². The fraction of sp³-hybridized carbons (Fsp3) is 0.0909. The van der Waals surface area contributed by atoms with Gasteiger partial charge in [-0.25, -0.2) is 9.37 Å². The first-order valence-corrected chi connectivity index (χ1v) is 5.64. The normalized spacial score (nSPS) is 10.5. The molecule has 88 valence electrons. The summed E-state index contributed by atoms with van der Waals surface area (Å²) >= 11 is 3.11. The van der Waals surface area contributed by atoms with E-state index >= 15 is 0 Å². The van der Waals surface area contributed by atoms with Crippen LogP contribution in [0.5, 0.6) is 0 Å². The number of hydrogen-bond acceptors (Lipinski definition) is 2. The summed E-state index contributed by atoms with van der Waals surface area (Å²) in [5.41, 5.74) is 6.06. The summed E-state index contributed by atoms with van der Waals surface area (Å²) in [5, 5.41) is 7.32. The van der Waals surface area contributed by atoms with E-state index in [9.17, 15) is 4.39 Å². The number of rotatable bonds is 2. The van der Waals surface area contributed by atoms with Crippen LogP contribution in [0.3, 0.4) is 0 Å². The highest BCUT2D eigenvalue weighted by atomic mass is 79.9. The molecule has 0 amide bonds. The van der Waals surface area contributed by atoms with Crippen LogP contribution in [0.15, 0.2) is 29.0 Å². The summed E-state index contributed by atoms with van der Waals surface area (Å²) < 4.78 is 15.9. The third-order valence-electron chi connectivity index (χ3n) is 2.44. The van der Waals surface area contributed by atoms with Gasteiger partial charge in [0, 0.05) is 18.0 Å². The number of hydrogen-bond donors (Lipinski definition) is 2. The van der Waals surface area contributed by atoms with Crippen LogP contribution in [0.1, 0.15) is 11.4 Å². The predicted octanol–water partition coefficient (Wildman–Crippen LogP) is 2.37. The average Bonchev–Trinajstić information content (AvgIpc) is 2.68. The number of nitrogens with one attached hydrogen (secondary N) is 1. The van der Waals surface area contributed by atoms with E-state index in [1.54, 1.807) is 36.0 Å². The molecule has 0 aliphatic heterocycles. The summed E-state index contributed by atoms with van der Waals surface area (Å²) in [6.45, 7) is 1.78. The molecule has 0 spiro atoms. The number of nitrogen functional groups attached to an aromatic ring is 1. The van der Waals surface area contributed by atoms with Crippen LogP contribution >= 0.6 is 15.9 Å². The van der Waals surface area contributed by atoms with Crippen molar-refractivity contribution >= 4 is 21.8 Å². The largest absolute Gasteiger partial charge is 0.384 e. The number of imidazole rings is 1. The molecular formula is C11H10BrFN4. The van der Waals surface area contributed by atoms with Crippen molar-refractivity contribution in [3.63, 3.8) is 0 Å². The lowest BCUT2D eigenvalue weighted by Crippen LogP contribution is -2.13. The molecule has 2 rings (SSSR count). The Morgan fingerprint density at radius 2 is 2.24 bits per heavy atom. The van der Waals surface area contributed by atoms with Gasteiger partial charge >= 0.3 is 0 Å². The quantitative estimate of drug-likeness (QED) is 0.660. The zero-order valence-electron chi connectivity index (χ0n) is 9.04. The van der Waals surface area contributed by atoms with E-state index in [0.717, 1.165) is 0 Å². The van der Waals surface area contributed by atoms with E-state index in [1.165, 1.54) is 0 Å². The van der Waals surface area contributed by atoms with E-state index in [4.69, 9.17) is 11.1 Å². The molecule has 0 aliphatic carbocycles. The van der Waals surface area contributed by atoms with Gasteiger partial charge in [-0.2, -0.15) is 0 Å². The molecule has 1 aromatic heterocycles. The first-order valence-electron chi connectivity index (χ1n) is 4.85.